The van der Waals surface area contributed by atoms with Crippen LogP contribution in [-0.4, -0.2) is 0 Å². The van der Waals surface area contributed by atoms with E-state index in [-0.39, 0.29) is 33.3 Å². The van der Waals surface area contributed by atoms with E-state index in [0.29, 0.717) is 0 Å². The van der Waals surface area contributed by atoms with Crippen molar-refractivity contribution in [1.82, 2.24) is 0 Å². The van der Waals surface area contributed by atoms with Crippen molar-refractivity contribution in [2.75, 3.05) is 0 Å². The van der Waals surface area contributed by atoms with Crippen molar-refractivity contribution in [2.24, 2.45) is 0 Å². The van der Waals surface area contributed by atoms with Crippen LogP contribution < -0.4 is 0 Å². The van der Waals surface area contributed by atoms with Crippen LogP contribution in [0.1, 0.15) is 0 Å². The molecule has 0 aromatic carbocycles. The molecule has 0 aromatic rings. The fourth-order valence-electron chi connectivity index (χ4n) is 0. The molecule has 0 heterocycles. The summed E-state index contributed by atoms with van der Waals surface area (Å²) in [6, 6.07) is 0. The maximum atomic E-state index is 4.29. The van der Waals surface area contributed by atoms with Gasteiger partial charge in [-0.2, -0.15) is 0 Å². The molecular formula is H2CoNi2PS. The third-order valence-corrected chi connectivity index (χ3v) is 0. The monoisotopic (exact) mass is 240 g/mol. The molecule has 0 aliphatic carbocycles. The molecule has 0 saturated carbocycles. The van der Waals surface area contributed by atoms with Gasteiger partial charge in [-0.25, -0.2) is 0 Å². The Labute approximate surface area is 63.9 Å². The second-order valence-corrected chi connectivity index (χ2v) is 2.77. The van der Waals surface area contributed by atoms with Crippen molar-refractivity contribution < 1.29 is 45.7 Å². The predicted molar refractivity (Wildman–Crippen MR) is 17.3 cm³/mol. The van der Waals surface area contributed by atoms with E-state index in [1.54, 1.807) is 0 Å². The molecule has 0 N–H and O–H groups in total. The van der Waals surface area contributed by atoms with Crippen molar-refractivity contribution in [3.05, 3.63) is 0 Å². The first-order chi connectivity index (χ1) is 1.41. The van der Waals surface area contributed by atoms with E-state index in [0.717, 1.165) is 12.4 Å². The van der Waals surface area contributed by atoms with Gasteiger partial charge in [0.15, 0.2) is 0 Å². The molecule has 0 aromatic heterocycles. The van der Waals surface area contributed by atoms with Crippen molar-refractivity contribution in [3.8, 4) is 0 Å². The van der Waals surface area contributed by atoms with E-state index in [9.17, 15) is 0 Å². The van der Waals surface area contributed by atoms with Crippen LogP contribution in [0.3, 0.4) is 0 Å². The second-order valence-electron chi connectivity index (χ2n) is 0.0745. The van der Waals surface area contributed by atoms with Gasteiger partial charge >= 0.3 is 31.1 Å². The Morgan fingerprint density at radius 3 is 1.60 bits per heavy atom. The van der Waals surface area contributed by atoms with Gasteiger partial charge in [0.05, 0.1) is 0 Å². The third kappa shape index (κ3) is 23.0. The normalized spacial score (nSPS) is 4.20. The summed E-state index contributed by atoms with van der Waals surface area (Å²) in [5.41, 5.74) is 0. The molecule has 0 rings (SSSR count). The van der Waals surface area contributed by atoms with Crippen LogP contribution in [0, 0.1) is 0 Å². The van der Waals surface area contributed by atoms with Gasteiger partial charge in [-0.3, -0.25) is 0 Å². The molecular weight excluding hydrogens is 239 g/mol. The van der Waals surface area contributed by atoms with Crippen LogP contribution in [0.5, 0.6) is 0 Å². The molecule has 0 aliphatic heterocycles. The van der Waals surface area contributed by atoms with E-state index in [1.807, 2.05) is 0 Å². The van der Waals surface area contributed by atoms with Crippen molar-refractivity contribution in [3.63, 3.8) is 0 Å². The Morgan fingerprint density at radius 1 is 1.60 bits per heavy atom. The molecule has 5 heteroatoms. The summed E-state index contributed by atoms with van der Waals surface area (Å²) >= 11 is 1.12. The van der Waals surface area contributed by atoms with E-state index in [4.69, 9.17) is 0 Å². The van der Waals surface area contributed by atoms with Crippen molar-refractivity contribution in [1.29, 1.82) is 0 Å². The Hall–Kier alpha value is 2.14. The molecule has 0 spiro atoms. The zero-order chi connectivity index (χ0) is 2.71. The van der Waals surface area contributed by atoms with Crippen LogP contribution in [0.2, 0.25) is 0 Å². The Balaban J connectivity index is -0.0000000200. The van der Waals surface area contributed by atoms with E-state index >= 15 is 0 Å². The Bertz CT molecular complexity index is 17.1. The summed E-state index contributed by atoms with van der Waals surface area (Å²) in [6.07, 6.45) is 0. The molecule has 0 fully saturated rings. The quantitative estimate of drug-likeness (QED) is 0.450. The first-order valence-electron chi connectivity index (χ1n) is 0.312. The van der Waals surface area contributed by atoms with Crippen molar-refractivity contribution >= 4 is 18.7 Å². The SMILES string of the molecule is [Co].[Ni].[PH2][Ni]=[S]. The van der Waals surface area contributed by atoms with E-state index in [2.05, 4.69) is 18.7 Å². The van der Waals surface area contributed by atoms with Crippen LogP contribution in [0.25, 0.3) is 0 Å². The van der Waals surface area contributed by atoms with Gasteiger partial charge in [0.25, 0.3) is 0 Å². The first-order valence-corrected chi connectivity index (χ1v) is 3.86. The van der Waals surface area contributed by atoms with Crippen LogP contribution in [0.15, 0.2) is 0 Å². The molecule has 0 bridgehead atoms. The van der Waals surface area contributed by atoms with Crippen LogP contribution in [0.4, 0.5) is 0 Å². The molecule has 0 nitrogen and oxygen atoms in total. The van der Waals surface area contributed by atoms with Gasteiger partial charge in [-0.1, -0.05) is 0 Å². The second kappa shape index (κ2) is 16.4. The molecule has 1 unspecified atom stereocenters. The fourth-order valence-corrected chi connectivity index (χ4v) is 0. The number of hydrogen-bond donors (Lipinski definition) is 0. The molecule has 0 saturated heterocycles. The van der Waals surface area contributed by atoms with Gasteiger partial charge in [0.1, 0.15) is 0 Å². The summed E-state index contributed by atoms with van der Waals surface area (Å²) in [6.45, 7) is 0. The van der Waals surface area contributed by atoms with Gasteiger partial charge < -0.3 is 0 Å². The average molecular weight is 241 g/mol. The van der Waals surface area contributed by atoms with Gasteiger partial charge in [0.2, 0.25) is 0 Å². The summed E-state index contributed by atoms with van der Waals surface area (Å²) in [7, 11) is 6.62. The predicted octanol–water partition coefficient (Wildman–Crippen LogP) is 0.966. The minimum atomic E-state index is 0. The summed E-state index contributed by atoms with van der Waals surface area (Å²) in [5.74, 6) is 0. The zero-order valence-electron chi connectivity index (χ0n) is 1.95. The molecule has 0 amide bonds. The molecule has 1 atom stereocenters. The maximum absolute atomic E-state index is 4.29. The molecule has 42 valence electrons. The molecule has 5 heavy (non-hydrogen) atoms. The third-order valence-electron chi connectivity index (χ3n) is 0. The fraction of sp³-hybridized carbons (Fsp3) is 0. The zero-order valence-corrected chi connectivity index (χ0v) is 6.94. The molecule has 0 aliphatic rings. The number of rotatable bonds is 0. The summed E-state index contributed by atoms with van der Waals surface area (Å²) in [5, 5.41) is 0. The molecule has 1 radical (unpaired) electrons. The van der Waals surface area contributed by atoms with E-state index in [1.165, 1.54) is 0 Å². The summed E-state index contributed by atoms with van der Waals surface area (Å²) in [4.78, 5) is 0. The minimum absolute atomic E-state index is 0. The van der Waals surface area contributed by atoms with Gasteiger partial charge in [-0.05, 0) is 0 Å². The standard InChI is InChI=1S/Co.2Ni.H2P.S/h;;;1H2;/q;;+1;-1;. The number of hydrogen-bond acceptors (Lipinski definition) is 1. The van der Waals surface area contributed by atoms with Gasteiger partial charge in [-0.15, -0.1) is 0 Å². The van der Waals surface area contributed by atoms with E-state index < -0.39 is 0 Å². The first kappa shape index (κ1) is 15.7. The Morgan fingerprint density at radius 2 is 1.60 bits per heavy atom. The summed E-state index contributed by atoms with van der Waals surface area (Å²) < 4.78 is 0. The van der Waals surface area contributed by atoms with Crippen molar-refractivity contribution in [2.45, 2.75) is 0 Å². The van der Waals surface area contributed by atoms with Crippen LogP contribution >= 0.6 is 18.7 Å². The van der Waals surface area contributed by atoms with Gasteiger partial charge in [0, 0.05) is 33.3 Å². The topological polar surface area (TPSA) is 0 Å². The average Bonchev–Trinajstić information content (AvgIpc) is 0.918. The Kier molecular flexibility index (Phi) is 51.7. The van der Waals surface area contributed by atoms with Crippen LogP contribution in [-0.2, 0) is 45.7 Å².